The first-order valence-electron chi connectivity index (χ1n) is 5.11. The second-order valence-electron chi connectivity index (χ2n) is 3.87. The molecule has 1 N–H and O–H groups in total. The fraction of sp³-hybridized carbons (Fsp3) is 0.455. The molecule has 15 heavy (non-hydrogen) atoms. The van der Waals surface area contributed by atoms with Crippen LogP contribution < -0.4 is 10.2 Å². The summed E-state index contributed by atoms with van der Waals surface area (Å²) < 4.78 is 1.00. The molecule has 0 saturated carbocycles. The molecule has 0 aliphatic carbocycles. The van der Waals surface area contributed by atoms with Crippen LogP contribution in [0.5, 0.6) is 0 Å². The van der Waals surface area contributed by atoms with Crippen LogP contribution in [0.4, 0.5) is 5.69 Å². The maximum absolute atomic E-state index is 6.08. The molecular weight excluding hydrogens is 275 g/mol. The van der Waals surface area contributed by atoms with Crippen LogP contribution in [-0.2, 0) is 0 Å². The Labute approximate surface area is 104 Å². The van der Waals surface area contributed by atoms with Gasteiger partial charge in [0.05, 0.1) is 15.2 Å². The standard InChI is InChI=1S/C11H14BrClN2/c1-8-7-15(6-5-14-8)10-4-2-3-9(13)11(10)12/h2-4,8,14H,5-7H2,1H3. The number of hydrogen-bond donors (Lipinski definition) is 1. The van der Waals surface area contributed by atoms with Crippen LogP contribution >= 0.6 is 27.5 Å². The van der Waals surface area contributed by atoms with Crippen LogP contribution in [0.3, 0.4) is 0 Å². The minimum atomic E-state index is 0.532. The Morgan fingerprint density at radius 1 is 1.53 bits per heavy atom. The summed E-state index contributed by atoms with van der Waals surface area (Å²) in [5.74, 6) is 0. The van der Waals surface area contributed by atoms with Crippen molar-refractivity contribution in [1.29, 1.82) is 0 Å². The number of nitrogens with zero attached hydrogens (tertiary/aromatic N) is 1. The van der Waals surface area contributed by atoms with Crippen LogP contribution in [-0.4, -0.2) is 25.7 Å². The third kappa shape index (κ3) is 2.47. The van der Waals surface area contributed by atoms with Gasteiger partial charge in [0.25, 0.3) is 0 Å². The van der Waals surface area contributed by atoms with Gasteiger partial charge < -0.3 is 10.2 Å². The van der Waals surface area contributed by atoms with Crippen molar-refractivity contribution in [3.8, 4) is 0 Å². The van der Waals surface area contributed by atoms with Crippen molar-refractivity contribution in [2.75, 3.05) is 24.5 Å². The number of rotatable bonds is 1. The monoisotopic (exact) mass is 288 g/mol. The summed E-state index contributed by atoms with van der Waals surface area (Å²) in [4.78, 5) is 2.36. The summed E-state index contributed by atoms with van der Waals surface area (Å²) in [6.45, 7) is 5.28. The number of hydrogen-bond acceptors (Lipinski definition) is 2. The number of nitrogens with one attached hydrogen (secondary N) is 1. The summed E-state index contributed by atoms with van der Waals surface area (Å²) in [5, 5.41) is 4.20. The molecule has 1 atom stereocenters. The highest BCUT2D eigenvalue weighted by atomic mass is 79.9. The molecule has 0 aromatic heterocycles. The number of anilines is 1. The summed E-state index contributed by atoms with van der Waals surface area (Å²) in [6, 6.07) is 6.54. The molecule has 1 aromatic carbocycles. The zero-order valence-corrected chi connectivity index (χ0v) is 11.0. The highest BCUT2D eigenvalue weighted by Gasteiger charge is 2.18. The second kappa shape index (κ2) is 4.73. The van der Waals surface area contributed by atoms with Gasteiger partial charge in [0.2, 0.25) is 0 Å². The highest BCUT2D eigenvalue weighted by molar-refractivity contribution is 9.10. The molecule has 1 aliphatic rings. The summed E-state index contributed by atoms with van der Waals surface area (Å²) in [6.07, 6.45) is 0. The normalized spacial score (nSPS) is 21.8. The molecule has 4 heteroatoms. The number of benzene rings is 1. The molecule has 1 aliphatic heterocycles. The van der Waals surface area contributed by atoms with Crippen molar-refractivity contribution < 1.29 is 0 Å². The van der Waals surface area contributed by atoms with E-state index in [9.17, 15) is 0 Å². The number of halogens is 2. The summed E-state index contributed by atoms with van der Waals surface area (Å²) >= 11 is 9.62. The zero-order valence-electron chi connectivity index (χ0n) is 8.63. The highest BCUT2D eigenvalue weighted by Crippen LogP contribution is 2.33. The van der Waals surface area contributed by atoms with E-state index in [0.717, 1.165) is 29.1 Å². The maximum Gasteiger partial charge on any atom is 0.0595 e. The molecule has 82 valence electrons. The first kappa shape index (κ1) is 11.2. The van der Waals surface area contributed by atoms with Crippen molar-refractivity contribution >= 4 is 33.2 Å². The molecule has 1 unspecified atom stereocenters. The Kier molecular flexibility index (Phi) is 3.54. The first-order chi connectivity index (χ1) is 7.18. The van der Waals surface area contributed by atoms with Gasteiger partial charge >= 0.3 is 0 Å². The van der Waals surface area contributed by atoms with E-state index in [2.05, 4.69) is 39.1 Å². The molecule has 1 aromatic rings. The van der Waals surface area contributed by atoms with Crippen LogP contribution in [0, 0.1) is 0 Å². The van der Waals surface area contributed by atoms with Crippen LogP contribution in [0.1, 0.15) is 6.92 Å². The lowest BCUT2D eigenvalue weighted by Gasteiger charge is -2.34. The molecule has 0 amide bonds. The van der Waals surface area contributed by atoms with Gasteiger partial charge in [-0.2, -0.15) is 0 Å². The largest absolute Gasteiger partial charge is 0.368 e. The summed E-state index contributed by atoms with van der Waals surface area (Å²) in [5.41, 5.74) is 1.19. The Hall–Kier alpha value is -0.250. The van der Waals surface area contributed by atoms with Crippen LogP contribution in [0.25, 0.3) is 0 Å². The topological polar surface area (TPSA) is 15.3 Å². The van der Waals surface area contributed by atoms with Gasteiger partial charge in [-0.25, -0.2) is 0 Å². The molecule has 0 radical (unpaired) electrons. The van der Waals surface area contributed by atoms with Crippen LogP contribution in [0.15, 0.2) is 22.7 Å². The quantitative estimate of drug-likeness (QED) is 0.855. The van der Waals surface area contributed by atoms with E-state index < -0.39 is 0 Å². The van der Waals surface area contributed by atoms with E-state index in [-0.39, 0.29) is 0 Å². The molecule has 2 rings (SSSR count). The second-order valence-corrected chi connectivity index (χ2v) is 5.07. The Bertz CT molecular complexity index is 356. The molecule has 0 bridgehead atoms. The minimum Gasteiger partial charge on any atom is -0.368 e. The molecule has 0 spiro atoms. The average molecular weight is 290 g/mol. The lowest BCUT2D eigenvalue weighted by molar-refractivity contribution is 0.484. The smallest absolute Gasteiger partial charge is 0.0595 e. The van der Waals surface area contributed by atoms with Gasteiger partial charge in [-0.05, 0) is 35.0 Å². The fourth-order valence-corrected chi connectivity index (χ4v) is 2.57. The third-order valence-electron chi connectivity index (χ3n) is 2.64. The van der Waals surface area contributed by atoms with Crippen LogP contribution in [0.2, 0.25) is 5.02 Å². The van der Waals surface area contributed by atoms with Crippen molar-refractivity contribution in [2.45, 2.75) is 13.0 Å². The van der Waals surface area contributed by atoms with Gasteiger partial charge in [-0.3, -0.25) is 0 Å². The Morgan fingerprint density at radius 3 is 3.07 bits per heavy atom. The number of piperazine rings is 1. The van der Waals surface area contributed by atoms with Crippen molar-refractivity contribution in [3.63, 3.8) is 0 Å². The molecular formula is C11H14BrClN2. The summed E-state index contributed by atoms with van der Waals surface area (Å²) in [7, 11) is 0. The van der Waals surface area contributed by atoms with Gasteiger partial charge in [-0.1, -0.05) is 17.7 Å². The van der Waals surface area contributed by atoms with Gasteiger partial charge in [0.15, 0.2) is 0 Å². The Morgan fingerprint density at radius 2 is 2.33 bits per heavy atom. The minimum absolute atomic E-state index is 0.532. The molecule has 1 heterocycles. The SMILES string of the molecule is CC1CN(c2cccc(Cl)c2Br)CCN1. The lowest BCUT2D eigenvalue weighted by Crippen LogP contribution is -2.49. The molecule has 1 fully saturated rings. The lowest BCUT2D eigenvalue weighted by atomic mass is 10.2. The molecule has 2 nitrogen and oxygen atoms in total. The fourth-order valence-electron chi connectivity index (χ4n) is 1.89. The van der Waals surface area contributed by atoms with E-state index in [1.165, 1.54) is 5.69 Å². The average Bonchev–Trinajstić information content (AvgIpc) is 2.22. The van der Waals surface area contributed by atoms with Crippen molar-refractivity contribution in [3.05, 3.63) is 27.7 Å². The first-order valence-corrected chi connectivity index (χ1v) is 6.28. The molecule has 1 saturated heterocycles. The zero-order chi connectivity index (χ0) is 10.8. The predicted molar refractivity (Wildman–Crippen MR) is 68.8 cm³/mol. The van der Waals surface area contributed by atoms with Crippen molar-refractivity contribution in [2.24, 2.45) is 0 Å². The van der Waals surface area contributed by atoms with E-state index >= 15 is 0 Å². The van der Waals surface area contributed by atoms with E-state index in [0.29, 0.717) is 6.04 Å². The Balaban J connectivity index is 2.24. The van der Waals surface area contributed by atoms with Crippen molar-refractivity contribution in [1.82, 2.24) is 5.32 Å². The van der Waals surface area contributed by atoms with E-state index in [4.69, 9.17) is 11.6 Å². The van der Waals surface area contributed by atoms with E-state index in [1.54, 1.807) is 0 Å². The third-order valence-corrected chi connectivity index (χ3v) is 4.02. The van der Waals surface area contributed by atoms with E-state index in [1.807, 2.05) is 12.1 Å². The van der Waals surface area contributed by atoms with Gasteiger partial charge in [0.1, 0.15) is 0 Å². The maximum atomic E-state index is 6.08. The van der Waals surface area contributed by atoms with Gasteiger partial charge in [-0.15, -0.1) is 0 Å². The predicted octanol–water partition coefficient (Wildman–Crippen LogP) is 2.90. The van der Waals surface area contributed by atoms with Gasteiger partial charge in [0, 0.05) is 25.7 Å².